The monoisotopic (exact) mass is 434 g/mol. The molecule has 3 aromatic carbocycles. The van der Waals surface area contributed by atoms with E-state index in [4.69, 9.17) is 0 Å². The van der Waals surface area contributed by atoms with Crippen LogP contribution in [0.5, 0.6) is 0 Å². The Kier molecular flexibility index (Phi) is 5.35. The van der Waals surface area contributed by atoms with E-state index >= 15 is 0 Å². The molecular formula is C25H26N2O3S. The molecule has 0 aliphatic carbocycles. The van der Waals surface area contributed by atoms with Gasteiger partial charge in [0.15, 0.2) is 0 Å². The second-order valence-corrected chi connectivity index (χ2v) is 9.95. The second kappa shape index (κ2) is 7.85. The number of amides is 1. The molecular weight excluding hydrogens is 408 g/mol. The lowest BCUT2D eigenvalue weighted by Gasteiger charge is -2.23. The Morgan fingerprint density at radius 1 is 0.968 bits per heavy atom. The van der Waals surface area contributed by atoms with E-state index in [1.54, 1.807) is 35.2 Å². The van der Waals surface area contributed by atoms with Crippen molar-refractivity contribution < 1.29 is 13.2 Å². The first-order valence-corrected chi connectivity index (χ1v) is 11.8. The number of hydrogen-bond donors (Lipinski definition) is 1. The maximum atomic E-state index is 13.1. The molecule has 1 aliphatic rings. The standard InChI is InChI=1S/C25H26N2O3S/c1-16-12-17(2)24(18(3)13-16)26-31(29,30)22-10-11-23-21(15-22)14-19(4)27(23)25(28)20-8-6-5-7-9-20/h5-13,15,19,26H,14H2,1-4H3/t19-/m1/s1. The molecule has 0 spiro atoms. The molecule has 1 amide bonds. The van der Waals surface area contributed by atoms with Crippen LogP contribution >= 0.6 is 0 Å². The Balaban J connectivity index is 1.66. The van der Waals surface area contributed by atoms with E-state index in [-0.39, 0.29) is 16.8 Å². The largest absolute Gasteiger partial charge is 0.305 e. The molecule has 0 fully saturated rings. The third-order valence-electron chi connectivity index (χ3n) is 5.73. The zero-order chi connectivity index (χ0) is 22.3. The third-order valence-corrected chi connectivity index (χ3v) is 7.08. The number of nitrogens with one attached hydrogen (secondary N) is 1. The smallest absolute Gasteiger partial charge is 0.261 e. The van der Waals surface area contributed by atoms with Crippen molar-refractivity contribution in [1.82, 2.24) is 0 Å². The van der Waals surface area contributed by atoms with Crippen LogP contribution in [0.3, 0.4) is 0 Å². The van der Waals surface area contributed by atoms with Gasteiger partial charge in [0.1, 0.15) is 0 Å². The molecule has 1 aliphatic heterocycles. The molecule has 0 aromatic heterocycles. The highest BCUT2D eigenvalue weighted by molar-refractivity contribution is 7.92. The lowest BCUT2D eigenvalue weighted by atomic mass is 10.1. The number of benzene rings is 3. The van der Waals surface area contributed by atoms with Gasteiger partial charge in [-0.05, 0) is 81.1 Å². The van der Waals surface area contributed by atoms with Crippen molar-refractivity contribution in [2.75, 3.05) is 9.62 Å². The molecule has 3 aromatic rings. The minimum absolute atomic E-state index is 0.0461. The van der Waals surface area contributed by atoms with Crippen molar-refractivity contribution in [3.8, 4) is 0 Å². The van der Waals surface area contributed by atoms with Crippen LogP contribution in [0, 0.1) is 20.8 Å². The molecule has 4 rings (SSSR count). The van der Waals surface area contributed by atoms with Crippen LogP contribution in [-0.2, 0) is 16.4 Å². The fourth-order valence-corrected chi connectivity index (χ4v) is 5.59. The number of carbonyl (C=O) groups excluding carboxylic acids is 1. The number of rotatable bonds is 4. The van der Waals surface area contributed by atoms with Gasteiger partial charge in [0.2, 0.25) is 0 Å². The average molecular weight is 435 g/mol. The molecule has 0 saturated carbocycles. The molecule has 31 heavy (non-hydrogen) atoms. The van der Waals surface area contributed by atoms with Crippen LogP contribution in [-0.4, -0.2) is 20.4 Å². The van der Waals surface area contributed by atoms with E-state index in [1.165, 1.54) is 0 Å². The molecule has 6 heteroatoms. The number of sulfonamides is 1. The van der Waals surface area contributed by atoms with Crippen molar-refractivity contribution >= 4 is 27.3 Å². The van der Waals surface area contributed by atoms with Crippen LogP contribution in [0.25, 0.3) is 0 Å². The van der Waals surface area contributed by atoms with Gasteiger partial charge >= 0.3 is 0 Å². The van der Waals surface area contributed by atoms with Crippen LogP contribution in [0.2, 0.25) is 0 Å². The van der Waals surface area contributed by atoms with Gasteiger partial charge < -0.3 is 4.90 Å². The van der Waals surface area contributed by atoms with Gasteiger partial charge in [0.25, 0.3) is 15.9 Å². The normalized spacial score (nSPS) is 15.6. The highest BCUT2D eigenvalue weighted by atomic mass is 32.2. The molecule has 1 atom stereocenters. The SMILES string of the molecule is Cc1cc(C)c(NS(=O)(=O)c2ccc3c(c2)C[C@@H](C)N3C(=O)c2ccccc2)c(C)c1. The summed E-state index contributed by atoms with van der Waals surface area (Å²) >= 11 is 0. The maximum Gasteiger partial charge on any atom is 0.261 e. The summed E-state index contributed by atoms with van der Waals surface area (Å²) in [6.45, 7) is 7.76. The molecule has 5 nitrogen and oxygen atoms in total. The fraction of sp³-hybridized carbons (Fsp3) is 0.240. The first-order valence-electron chi connectivity index (χ1n) is 10.3. The van der Waals surface area contributed by atoms with E-state index in [0.29, 0.717) is 17.7 Å². The number of nitrogens with zero attached hydrogens (tertiary/aromatic N) is 1. The van der Waals surface area contributed by atoms with Gasteiger partial charge in [-0.2, -0.15) is 0 Å². The Bertz CT molecular complexity index is 1240. The van der Waals surface area contributed by atoms with Crippen LogP contribution in [0.1, 0.15) is 39.5 Å². The molecule has 0 bridgehead atoms. The third kappa shape index (κ3) is 3.95. The van der Waals surface area contributed by atoms with Crippen molar-refractivity contribution in [2.24, 2.45) is 0 Å². The quantitative estimate of drug-likeness (QED) is 0.628. The van der Waals surface area contributed by atoms with Crippen molar-refractivity contribution in [2.45, 2.75) is 45.1 Å². The minimum Gasteiger partial charge on any atom is -0.305 e. The predicted molar refractivity (Wildman–Crippen MR) is 124 cm³/mol. The van der Waals surface area contributed by atoms with Gasteiger partial charge in [-0.25, -0.2) is 8.42 Å². The summed E-state index contributed by atoms with van der Waals surface area (Å²) in [5.41, 5.74) is 5.71. The summed E-state index contributed by atoms with van der Waals surface area (Å²) in [6.07, 6.45) is 0.611. The van der Waals surface area contributed by atoms with E-state index in [2.05, 4.69) is 4.72 Å². The average Bonchev–Trinajstić information content (AvgIpc) is 3.05. The van der Waals surface area contributed by atoms with E-state index in [1.807, 2.05) is 58.0 Å². The molecule has 0 saturated heterocycles. The molecule has 1 heterocycles. The maximum absolute atomic E-state index is 13.1. The number of fused-ring (bicyclic) bond motifs is 1. The Hall–Kier alpha value is -3.12. The van der Waals surface area contributed by atoms with Gasteiger partial charge in [0, 0.05) is 17.3 Å². The van der Waals surface area contributed by atoms with E-state index in [0.717, 1.165) is 27.9 Å². The van der Waals surface area contributed by atoms with Crippen LogP contribution < -0.4 is 9.62 Å². The van der Waals surface area contributed by atoms with Crippen molar-refractivity contribution in [3.63, 3.8) is 0 Å². The summed E-state index contributed by atoms with van der Waals surface area (Å²) in [7, 11) is -3.75. The first-order chi connectivity index (χ1) is 14.7. The predicted octanol–water partition coefficient (Wildman–Crippen LogP) is 5.00. The molecule has 0 unspecified atom stereocenters. The fourth-order valence-electron chi connectivity index (χ4n) is 4.34. The zero-order valence-electron chi connectivity index (χ0n) is 18.1. The summed E-state index contributed by atoms with van der Waals surface area (Å²) in [5, 5.41) is 0. The van der Waals surface area contributed by atoms with Gasteiger partial charge in [-0.1, -0.05) is 35.9 Å². The number of hydrogen-bond acceptors (Lipinski definition) is 3. The summed E-state index contributed by atoms with van der Waals surface area (Å²) in [4.78, 5) is 15.0. The van der Waals surface area contributed by atoms with E-state index in [9.17, 15) is 13.2 Å². The van der Waals surface area contributed by atoms with Crippen LogP contribution in [0.15, 0.2) is 65.6 Å². The first kappa shape index (κ1) is 21.1. The van der Waals surface area contributed by atoms with Gasteiger partial charge in [-0.15, -0.1) is 0 Å². The number of anilines is 2. The topological polar surface area (TPSA) is 66.5 Å². The highest BCUT2D eigenvalue weighted by Gasteiger charge is 2.32. The minimum atomic E-state index is -3.75. The van der Waals surface area contributed by atoms with Gasteiger partial charge in [0.05, 0.1) is 10.6 Å². The van der Waals surface area contributed by atoms with Gasteiger partial charge in [-0.3, -0.25) is 9.52 Å². The van der Waals surface area contributed by atoms with Crippen molar-refractivity contribution in [1.29, 1.82) is 0 Å². The lowest BCUT2D eigenvalue weighted by Crippen LogP contribution is -2.35. The van der Waals surface area contributed by atoms with Crippen molar-refractivity contribution in [3.05, 3.63) is 88.5 Å². The number of aryl methyl sites for hydroxylation is 3. The highest BCUT2D eigenvalue weighted by Crippen LogP contribution is 2.35. The molecule has 0 radical (unpaired) electrons. The second-order valence-electron chi connectivity index (χ2n) is 8.26. The van der Waals surface area contributed by atoms with E-state index < -0.39 is 10.0 Å². The summed E-state index contributed by atoms with van der Waals surface area (Å²) in [5.74, 6) is -0.0773. The number of carbonyl (C=O) groups is 1. The van der Waals surface area contributed by atoms with Crippen LogP contribution in [0.4, 0.5) is 11.4 Å². The Morgan fingerprint density at radius 2 is 1.61 bits per heavy atom. The molecule has 1 N–H and O–H groups in total. The Labute approximate surface area is 183 Å². The summed E-state index contributed by atoms with van der Waals surface area (Å²) in [6, 6.07) is 18.0. The molecule has 160 valence electrons. The summed E-state index contributed by atoms with van der Waals surface area (Å²) < 4.78 is 29.0. The lowest BCUT2D eigenvalue weighted by molar-refractivity contribution is 0.0981. The zero-order valence-corrected chi connectivity index (χ0v) is 19.0. The Morgan fingerprint density at radius 3 is 2.26 bits per heavy atom.